The van der Waals surface area contributed by atoms with Crippen molar-refractivity contribution in [2.75, 3.05) is 6.26 Å². The molecular formula is C9H8BrNO2S3. The molecule has 0 fully saturated rings. The first kappa shape index (κ1) is 12.2. The molecule has 7 heteroatoms. The van der Waals surface area contributed by atoms with Crippen molar-refractivity contribution in [3.8, 4) is 10.6 Å². The van der Waals surface area contributed by atoms with Crippen molar-refractivity contribution in [2.24, 2.45) is 0 Å². The molecule has 0 aliphatic heterocycles. The molecule has 0 radical (unpaired) electrons. The second-order valence-electron chi connectivity index (χ2n) is 3.29. The largest absolute Gasteiger partial charge is 0.239 e. The third kappa shape index (κ3) is 2.91. The van der Waals surface area contributed by atoms with Crippen LogP contribution >= 0.6 is 38.6 Å². The van der Waals surface area contributed by atoms with Crippen molar-refractivity contribution in [3.63, 3.8) is 0 Å². The van der Waals surface area contributed by atoms with Crippen molar-refractivity contribution < 1.29 is 8.42 Å². The van der Waals surface area contributed by atoms with Gasteiger partial charge in [-0.05, 0) is 27.4 Å². The molecule has 2 heterocycles. The van der Waals surface area contributed by atoms with E-state index in [4.69, 9.17) is 0 Å². The monoisotopic (exact) mass is 337 g/mol. The van der Waals surface area contributed by atoms with E-state index in [1.165, 1.54) is 17.6 Å². The molecule has 0 aromatic carbocycles. The Labute approximate surface area is 110 Å². The quantitative estimate of drug-likeness (QED) is 0.864. The molecule has 0 unspecified atom stereocenters. The maximum atomic E-state index is 11.1. The molecule has 0 saturated heterocycles. The summed E-state index contributed by atoms with van der Waals surface area (Å²) in [6.45, 7) is 0. The zero-order valence-electron chi connectivity index (χ0n) is 8.31. The van der Waals surface area contributed by atoms with Crippen molar-refractivity contribution >= 4 is 48.4 Å². The number of hydrogen-bond acceptors (Lipinski definition) is 5. The van der Waals surface area contributed by atoms with Crippen LogP contribution < -0.4 is 0 Å². The van der Waals surface area contributed by atoms with Gasteiger partial charge in [-0.3, -0.25) is 0 Å². The fraction of sp³-hybridized carbons (Fsp3) is 0.222. The van der Waals surface area contributed by atoms with Gasteiger partial charge in [0.05, 0.1) is 10.6 Å². The Balaban J connectivity index is 2.30. The summed E-state index contributed by atoms with van der Waals surface area (Å²) < 4.78 is 23.2. The lowest BCUT2D eigenvalue weighted by atomic mass is 10.4. The van der Waals surface area contributed by atoms with Gasteiger partial charge in [0.1, 0.15) is 10.8 Å². The highest BCUT2D eigenvalue weighted by Crippen LogP contribution is 2.34. The van der Waals surface area contributed by atoms with Crippen LogP contribution in [0.15, 0.2) is 21.3 Å². The van der Waals surface area contributed by atoms with Gasteiger partial charge in [-0.15, -0.1) is 22.7 Å². The molecule has 3 nitrogen and oxygen atoms in total. The lowest BCUT2D eigenvalue weighted by molar-refractivity contribution is 0.601. The first-order chi connectivity index (χ1) is 7.46. The Morgan fingerprint density at radius 1 is 1.44 bits per heavy atom. The van der Waals surface area contributed by atoms with Crippen LogP contribution in [0, 0.1) is 0 Å². The molecule has 0 aliphatic rings. The summed E-state index contributed by atoms with van der Waals surface area (Å²) >= 11 is 6.39. The summed E-state index contributed by atoms with van der Waals surface area (Å²) in [5.41, 5.74) is 0.838. The Morgan fingerprint density at radius 3 is 2.75 bits per heavy atom. The number of rotatable bonds is 3. The first-order valence-corrected chi connectivity index (χ1v) is 8.92. The predicted octanol–water partition coefficient (Wildman–Crippen LogP) is 3.18. The standard InChI is InChI=1S/C9H8BrNO2S3/c1-16(12,13)5-8-11-7(4-15-8)9-6(10)2-3-14-9/h2-4H,5H2,1H3. The van der Waals surface area contributed by atoms with Gasteiger partial charge in [0.2, 0.25) is 0 Å². The highest BCUT2D eigenvalue weighted by Gasteiger charge is 2.12. The topological polar surface area (TPSA) is 47.0 Å². The van der Waals surface area contributed by atoms with Crippen LogP contribution in [-0.2, 0) is 15.6 Å². The van der Waals surface area contributed by atoms with Crippen molar-refractivity contribution in [2.45, 2.75) is 5.75 Å². The fourth-order valence-corrected chi connectivity index (χ4v) is 4.79. The van der Waals surface area contributed by atoms with Gasteiger partial charge in [-0.1, -0.05) is 0 Å². The van der Waals surface area contributed by atoms with Crippen LogP contribution in [0.5, 0.6) is 0 Å². The fourth-order valence-electron chi connectivity index (χ4n) is 1.18. The van der Waals surface area contributed by atoms with Crippen LogP contribution in [0.1, 0.15) is 5.01 Å². The van der Waals surface area contributed by atoms with E-state index >= 15 is 0 Å². The summed E-state index contributed by atoms with van der Waals surface area (Å²) in [5, 5.41) is 4.49. The maximum Gasteiger partial charge on any atom is 0.153 e. The van der Waals surface area contributed by atoms with E-state index in [9.17, 15) is 8.42 Å². The number of sulfone groups is 1. The van der Waals surface area contributed by atoms with Gasteiger partial charge < -0.3 is 0 Å². The van der Waals surface area contributed by atoms with E-state index < -0.39 is 9.84 Å². The van der Waals surface area contributed by atoms with E-state index in [0.717, 1.165) is 15.0 Å². The van der Waals surface area contributed by atoms with E-state index in [1.807, 2.05) is 16.8 Å². The number of halogens is 1. The molecule has 0 amide bonds. The lowest BCUT2D eigenvalue weighted by Crippen LogP contribution is -1.99. The van der Waals surface area contributed by atoms with Crippen LogP contribution in [0.25, 0.3) is 10.6 Å². The van der Waals surface area contributed by atoms with Crippen LogP contribution in [0.4, 0.5) is 0 Å². The molecule has 86 valence electrons. The summed E-state index contributed by atoms with van der Waals surface area (Å²) in [6, 6.07) is 1.95. The van der Waals surface area contributed by atoms with Gasteiger partial charge >= 0.3 is 0 Å². The minimum Gasteiger partial charge on any atom is -0.239 e. The molecule has 0 aliphatic carbocycles. The number of thiophene rings is 1. The second kappa shape index (κ2) is 4.56. The molecule has 0 bridgehead atoms. The molecule has 2 aromatic rings. The SMILES string of the molecule is CS(=O)(=O)Cc1nc(-c2sccc2Br)cs1. The molecule has 2 rings (SSSR count). The highest BCUT2D eigenvalue weighted by molar-refractivity contribution is 9.10. The van der Waals surface area contributed by atoms with Crippen LogP contribution in [0.2, 0.25) is 0 Å². The Bertz CT molecular complexity index is 600. The zero-order valence-corrected chi connectivity index (χ0v) is 12.3. The number of nitrogens with zero attached hydrogens (tertiary/aromatic N) is 1. The van der Waals surface area contributed by atoms with Gasteiger partial charge in [0.15, 0.2) is 9.84 Å². The normalized spacial score (nSPS) is 11.9. The van der Waals surface area contributed by atoms with Crippen molar-refractivity contribution in [3.05, 3.63) is 26.3 Å². The second-order valence-corrected chi connectivity index (χ2v) is 8.15. The molecule has 0 atom stereocenters. The Morgan fingerprint density at radius 2 is 2.19 bits per heavy atom. The predicted molar refractivity (Wildman–Crippen MR) is 71.7 cm³/mol. The number of aromatic nitrogens is 1. The average Bonchev–Trinajstić information content (AvgIpc) is 2.71. The summed E-state index contributed by atoms with van der Waals surface area (Å²) in [7, 11) is -3.00. The van der Waals surface area contributed by atoms with Gasteiger partial charge in [0, 0.05) is 16.1 Å². The summed E-state index contributed by atoms with van der Waals surface area (Å²) in [6.07, 6.45) is 1.22. The van der Waals surface area contributed by atoms with E-state index in [2.05, 4.69) is 20.9 Å². The minimum absolute atomic E-state index is 0.0145. The molecular weight excluding hydrogens is 330 g/mol. The van der Waals surface area contributed by atoms with Gasteiger partial charge in [-0.25, -0.2) is 13.4 Å². The van der Waals surface area contributed by atoms with E-state index in [0.29, 0.717) is 5.01 Å². The molecule has 2 aromatic heterocycles. The van der Waals surface area contributed by atoms with Gasteiger partial charge in [0.25, 0.3) is 0 Å². The summed E-state index contributed by atoms with van der Waals surface area (Å²) in [5.74, 6) is 0.0145. The minimum atomic E-state index is -3.00. The molecule has 0 N–H and O–H groups in total. The lowest BCUT2D eigenvalue weighted by Gasteiger charge is -1.93. The van der Waals surface area contributed by atoms with E-state index in [1.54, 1.807) is 11.3 Å². The molecule has 16 heavy (non-hydrogen) atoms. The van der Waals surface area contributed by atoms with Crippen molar-refractivity contribution in [1.29, 1.82) is 0 Å². The van der Waals surface area contributed by atoms with Gasteiger partial charge in [-0.2, -0.15) is 0 Å². The number of hydrogen-bond donors (Lipinski definition) is 0. The van der Waals surface area contributed by atoms with Crippen molar-refractivity contribution in [1.82, 2.24) is 4.98 Å². The average molecular weight is 338 g/mol. The highest BCUT2D eigenvalue weighted by atomic mass is 79.9. The molecule has 0 spiro atoms. The smallest absolute Gasteiger partial charge is 0.153 e. The molecule has 0 saturated carbocycles. The third-order valence-electron chi connectivity index (χ3n) is 1.79. The zero-order chi connectivity index (χ0) is 11.8. The Kier molecular flexibility index (Phi) is 3.48. The van der Waals surface area contributed by atoms with Crippen LogP contribution in [-0.4, -0.2) is 19.7 Å². The summed E-state index contributed by atoms with van der Waals surface area (Å²) in [4.78, 5) is 5.36. The van der Waals surface area contributed by atoms with Crippen LogP contribution in [0.3, 0.4) is 0 Å². The first-order valence-electron chi connectivity index (χ1n) is 4.31. The number of thiazole rings is 1. The Hall–Kier alpha value is -0.240. The third-order valence-corrected chi connectivity index (χ3v) is 5.48. The van der Waals surface area contributed by atoms with E-state index in [-0.39, 0.29) is 5.75 Å². The maximum absolute atomic E-state index is 11.1.